The number of halogens is 1. The van der Waals surface area contributed by atoms with Crippen LogP contribution in [0.2, 0.25) is 0 Å². The molecule has 0 bridgehead atoms. The fraction of sp³-hybridized carbons (Fsp3) is 0.143. The van der Waals surface area contributed by atoms with Gasteiger partial charge >= 0.3 is 29.6 Å². The molecule has 0 saturated heterocycles. The van der Waals surface area contributed by atoms with Crippen LogP contribution in [0.15, 0.2) is 18.2 Å². The van der Waals surface area contributed by atoms with Crippen LogP contribution in [0.4, 0.5) is 10.1 Å². The van der Waals surface area contributed by atoms with E-state index in [4.69, 9.17) is 0 Å². The van der Waals surface area contributed by atoms with Crippen molar-refractivity contribution in [1.29, 1.82) is 0 Å². The molecule has 0 spiro atoms. The van der Waals surface area contributed by atoms with Crippen molar-refractivity contribution in [3.8, 4) is 0 Å². The summed E-state index contributed by atoms with van der Waals surface area (Å²) in [5.74, 6) is -0.561. The molecule has 0 aliphatic carbocycles. The number of anilines is 1. The van der Waals surface area contributed by atoms with Gasteiger partial charge in [0.15, 0.2) is 10.3 Å². The largest absolute Gasteiger partial charge is 1.00 e. The Balaban J connectivity index is 0.00000169. The smallest absolute Gasteiger partial charge is 0.731 e. The average Bonchev–Trinajstić information content (AvgIpc) is 1.94. The first-order valence-electron chi connectivity index (χ1n) is 3.38. The molecular formula is C7H7FNNaO3S. The molecule has 0 aromatic heterocycles. The van der Waals surface area contributed by atoms with Crippen molar-refractivity contribution in [2.45, 2.75) is 6.92 Å². The zero-order chi connectivity index (χ0) is 10.1. The van der Waals surface area contributed by atoms with Gasteiger partial charge < -0.3 is 4.55 Å². The van der Waals surface area contributed by atoms with E-state index < -0.39 is 16.1 Å². The fourth-order valence-corrected chi connectivity index (χ4v) is 1.22. The second-order valence-electron chi connectivity index (χ2n) is 2.52. The molecule has 0 unspecified atom stereocenters. The normalized spacial score (nSPS) is 10.5. The molecule has 1 N–H and O–H groups in total. The van der Waals surface area contributed by atoms with Gasteiger partial charge in [-0.1, -0.05) is 6.07 Å². The van der Waals surface area contributed by atoms with Gasteiger partial charge in [-0.2, -0.15) is 0 Å². The van der Waals surface area contributed by atoms with Crippen LogP contribution in [0.25, 0.3) is 0 Å². The van der Waals surface area contributed by atoms with Crippen molar-refractivity contribution >= 4 is 16.0 Å². The van der Waals surface area contributed by atoms with Crippen molar-refractivity contribution < 1.29 is 46.9 Å². The van der Waals surface area contributed by atoms with Gasteiger partial charge in [-0.15, -0.1) is 0 Å². The Morgan fingerprint density at radius 2 is 2.00 bits per heavy atom. The Labute approximate surface area is 104 Å². The van der Waals surface area contributed by atoms with Crippen LogP contribution < -0.4 is 34.3 Å². The molecule has 0 fully saturated rings. The number of rotatable bonds is 2. The van der Waals surface area contributed by atoms with Crippen molar-refractivity contribution in [3.63, 3.8) is 0 Å². The van der Waals surface area contributed by atoms with Gasteiger partial charge in [0.1, 0.15) is 5.82 Å². The molecule has 0 aliphatic heterocycles. The molecular weight excluding hydrogens is 220 g/mol. The summed E-state index contributed by atoms with van der Waals surface area (Å²) >= 11 is 0. The van der Waals surface area contributed by atoms with Crippen LogP contribution in [-0.2, 0) is 10.3 Å². The molecule has 0 atom stereocenters. The van der Waals surface area contributed by atoms with E-state index in [1.807, 2.05) is 0 Å². The van der Waals surface area contributed by atoms with E-state index in [1.54, 1.807) is 4.72 Å². The summed E-state index contributed by atoms with van der Waals surface area (Å²) < 4.78 is 45.1. The summed E-state index contributed by atoms with van der Waals surface area (Å²) in [6, 6.07) is 3.64. The molecule has 0 saturated carbocycles. The standard InChI is InChI=1S/C7H8FNO3S.Na/c1-5-2-3-6(4-7(5)8)9-13(10,11)12;/h2-4,9H,1H3,(H,10,11,12);/q;+1/p-1. The molecule has 0 radical (unpaired) electrons. The van der Waals surface area contributed by atoms with Gasteiger partial charge in [0.25, 0.3) is 0 Å². The van der Waals surface area contributed by atoms with Crippen LogP contribution in [0.1, 0.15) is 5.56 Å². The third kappa shape index (κ3) is 4.39. The van der Waals surface area contributed by atoms with Crippen LogP contribution in [-0.4, -0.2) is 13.0 Å². The molecule has 14 heavy (non-hydrogen) atoms. The van der Waals surface area contributed by atoms with Crippen LogP contribution in [0.5, 0.6) is 0 Å². The van der Waals surface area contributed by atoms with Gasteiger partial charge in [-0.05, 0) is 24.6 Å². The number of aryl methyl sites for hydroxylation is 1. The maximum atomic E-state index is 12.8. The predicted octanol–water partition coefficient (Wildman–Crippen LogP) is -1.99. The Hall–Kier alpha value is -0.140. The van der Waals surface area contributed by atoms with Gasteiger partial charge in [-0.3, -0.25) is 4.72 Å². The van der Waals surface area contributed by atoms with Crippen LogP contribution in [0.3, 0.4) is 0 Å². The number of hydrogen-bond donors (Lipinski definition) is 1. The SMILES string of the molecule is Cc1ccc(NS(=O)(=O)[O-])cc1F.[Na+]. The third-order valence-electron chi connectivity index (χ3n) is 1.41. The van der Waals surface area contributed by atoms with Crippen LogP contribution >= 0.6 is 0 Å². The van der Waals surface area contributed by atoms with E-state index >= 15 is 0 Å². The van der Waals surface area contributed by atoms with E-state index in [0.717, 1.165) is 6.07 Å². The minimum atomic E-state index is -4.57. The molecule has 0 aliphatic rings. The maximum Gasteiger partial charge on any atom is 1.00 e. The maximum absolute atomic E-state index is 12.8. The van der Waals surface area contributed by atoms with E-state index in [1.165, 1.54) is 19.1 Å². The summed E-state index contributed by atoms with van der Waals surface area (Å²) in [5, 5.41) is 0. The quantitative estimate of drug-likeness (QED) is 0.470. The molecule has 4 nitrogen and oxygen atoms in total. The van der Waals surface area contributed by atoms with Gasteiger partial charge in [0, 0.05) is 0 Å². The van der Waals surface area contributed by atoms with E-state index in [-0.39, 0.29) is 35.2 Å². The topological polar surface area (TPSA) is 69.2 Å². The van der Waals surface area contributed by atoms with Crippen molar-refractivity contribution in [2.24, 2.45) is 0 Å². The van der Waals surface area contributed by atoms with Crippen molar-refractivity contribution in [2.75, 3.05) is 4.72 Å². The summed E-state index contributed by atoms with van der Waals surface area (Å²) in [7, 11) is -4.57. The molecule has 0 heterocycles. The zero-order valence-corrected chi connectivity index (χ0v) is 10.6. The Kier molecular flexibility index (Phi) is 5.03. The number of hydrogen-bond acceptors (Lipinski definition) is 3. The summed E-state index contributed by atoms with van der Waals surface area (Å²) in [4.78, 5) is 0. The summed E-state index contributed by atoms with van der Waals surface area (Å²) in [5.41, 5.74) is 0.312. The second-order valence-corrected chi connectivity index (χ2v) is 3.63. The van der Waals surface area contributed by atoms with Gasteiger partial charge in [0.2, 0.25) is 0 Å². The minimum Gasteiger partial charge on any atom is -0.731 e. The van der Waals surface area contributed by atoms with Gasteiger partial charge in [-0.25, -0.2) is 12.8 Å². The second kappa shape index (κ2) is 5.09. The van der Waals surface area contributed by atoms with Gasteiger partial charge in [0.05, 0.1) is 5.69 Å². The van der Waals surface area contributed by atoms with Crippen molar-refractivity contribution in [3.05, 3.63) is 29.6 Å². The summed E-state index contributed by atoms with van der Waals surface area (Å²) in [6.07, 6.45) is 0. The number of benzene rings is 1. The Morgan fingerprint density at radius 3 is 2.43 bits per heavy atom. The van der Waals surface area contributed by atoms with E-state index in [2.05, 4.69) is 0 Å². The first-order chi connectivity index (χ1) is 5.88. The Morgan fingerprint density at radius 1 is 1.43 bits per heavy atom. The van der Waals surface area contributed by atoms with Crippen LogP contribution in [0, 0.1) is 12.7 Å². The molecule has 7 heteroatoms. The molecule has 1 aromatic carbocycles. The average molecular weight is 227 g/mol. The first kappa shape index (κ1) is 13.9. The monoisotopic (exact) mass is 227 g/mol. The molecule has 0 amide bonds. The number of nitrogens with one attached hydrogen (secondary N) is 1. The van der Waals surface area contributed by atoms with E-state index in [0.29, 0.717) is 5.56 Å². The fourth-order valence-electron chi connectivity index (χ4n) is 0.801. The molecule has 1 aromatic rings. The molecule has 72 valence electrons. The summed E-state index contributed by atoms with van der Waals surface area (Å²) in [6.45, 7) is 1.53. The van der Waals surface area contributed by atoms with E-state index in [9.17, 15) is 17.4 Å². The molecule has 1 rings (SSSR count). The third-order valence-corrected chi connectivity index (χ3v) is 1.90. The zero-order valence-electron chi connectivity index (χ0n) is 7.74. The predicted molar refractivity (Wildman–Crippen MR) is 44.5 cm³/mol. The first-order valence-corrected chi connectivity index (χ1v) is 4.79. The van der Waals surface area contributed by atoms with Crippen molar-refractivity contribution in [1.82, 2.24) is 0 Å². The Bertz CT molecular complexity index is 421. The minimum absolute atomic E-state index is 0.